The molecule has 1 aliphatic heterocycles. The Kier molecular flexibility index (Phi) is 4.14. The van der Waals surface area contributed by atoms with Crippen LogP contribution in [-0.4, -0.2) is 35.8 Å². The number of carbonyl (C=O) groups is 2. The lowest BCUT2D eigenvalue weighted by Gasteiger charge is -2.30. The molecule has 1 amide bonds. The summed E-state index contributed by atoms with van der Waals surface area (Å²) in [4.78, 5) is 30.5. The average molecular weight is 306 g/mol. The summed E-state index contributed by atoms with van der Waals surface area (Å²) in [5, 5.41) is 1.10. The van der Waals surface area contributed by atoms with Gasteiger partial charge < -0.3 is 4.74 Å². The van der Waals surface area contributed by atoms with E-state index in [-0.39, 0.29) is 23.6 Å². The van der Waals surface area contributed by atoms with Crippen LogP contribution < -0.4 is 4.90 Å². The van der Waals surface area contributed by atoms with Crippen LogP contribution in [0.3, 0.4) is 0 Å². The zero-order chi connectivity index (χ0) is 14.8. The summed E-state index contributed by atoms with van der Waals surface area (Å²) < 4.78 is 4.73. The number of amides is 1. The molecule has 1 aromatic rings. The highest BCUT2D eigenvalue weighted by Gasteiger charge is 2.39. The number of methoxy groups -OCH3 is 1. The highest BCUT2D eigenvalue weighted by Crippen LogP contribution is 2.44. The Balaban J connectivity index is 1.99. The quantitative estimate of drug-likeness (QED) is 0.784. The Hall–Kier alpha value is -1.56. The number of esters is 1. The van der Waals surface area contributed by atoms with Crippen molar-refractivity contribution in [1.29, 1.82) is 0 Å². The number of nitrogens with zero attached hydrogens (tertiary/aromatic N) is 2. The van der Waals surface area contributed by atoms with Crippen LogP contribution in [0.25, 0.3) is 0 Å². The minimum atomic E-state index is -0.405. The third kappa shape index (κ3) is 2.77. The zero-order valence-corrected chi connectivity index (χ0v) is 12.8. The summed E-state index contributed by atoms with van der Waals surface area (Å²) in [7, 11) is 1.34. The van der Waals surface area contributed by atoms with E-state index in [4.69, 9.17) is 4.74 Å². The molecule has 1 saturated carbocycles. The normalized spacial score (nSPS) is 24.8. The van der Waals surface area contributed by atoms with Crippen molar-refractivity contribution in [3.63, 3.8) is 0 Å². The van der Waals surface area contributed by atoms with Gasteiger partial charge in [-0.3, -0.25) is 14.5 Å². The van der Waals surface area contributed by atoms with Gasteiger partial charge in [-0.25, -0.2) is 4.98 Å². The summed E-state index contributed by atoms with van der Waals surface area (Å²) >= 11 is 1.68. The number of hydrogen-bond acceptors (Lipinski definition) is 5. The first-order valence-electron chi connectivity index (χ1n) is 7.20. The van der Waals surface area contributed by atoms with Gasteiger partial charge in [0.2, 0.25) is 5.91 Å². The number of ether oxygens (including phenoxy) is 1. The molecule has 5 nitrogen and oxygen atoms in total. The van der Waals surface area contributed by atoms with Crippen molar-refractivity contribution in [3.05, 3.63) is 18.3 Å². The molecule has 1 aliphatic carbocycles. The molecule has 2 atom stereocenters. The third-order valence-corrected chi connectivity index (χ3v) is 5.51. The minimum Gasteiger partial charge on any atom is -0.468 e. The maximum absolute atomic E-state index is 12.9. The predicted molar refractivity (Wildman–Crippen MR) is 80.2 cm³/mol. The largest absolute Gasteiger partial charge is 0.468 e. The van der Waals surface area contributed by atoms with E-state index >= 15 is 0 Å². The molecule has 21 heavy (non-hydrogen) atoms. The van der Waals surface area contributed by atoms with E-state index < -0.39 is 5.97 Å². The van der Waals surface area contributed by atoms with Crippen LogP contribution in [0.2, 0.25) is 0 Å². The number of rotatable bonds is 2. The molecule has 2 heterocycles. The smallest absolute Gasteiger partial charge is 0.325 e. The molecule has 0 radical (unpaired) electrons. The number of aromatic nitrogens is 1. The first-order valence-corrected chi connectivity index (χ1v) is 8.08. The lowest BCUT2D eigenvalue weighted by Crippen LogP contribution is -2.42. The van der Waals surface area contributed by atoms with E-state index in [2.05, 4.69) is 4.98 Å². The topological polar surface area (TPSA) is 59.5 Å². The summed E-state index contributed by atoms with van der Waals surface area (Å²) in [5.74, 6) is -0.399. The molecular formula is C15H18N2O3S. The fraction of sp³-hybridized carbons (Fsp3) is 0.533. The van der Waals surface area contributed by atoms with Crippen molar-refractivity contribution in [3.8, 4) is 0 Å². The molecule has 1 aromatic heterocycles. The second kappa shape index (κ2) is 6.05. The van der Waals surface area contributed by atoms with E-state index in [0.717, 1.165) is 36.4 Å². The molecular weight excluding hydrogens is 288 g/mol. The van der Waals surface area contributed by atoms with Gasteiger partial charge in [-0.05, 0) is 25.0 Å². The molecule has 1 fully saturated rings. The van der Waals surface area contributed by atoms with Crippen LogP contribution in [0.4, 0.5) is 5.69 Å². The number of fused-ring (bicyclic) bond motifs is 2. The van der Waals surface area contributed by atoms with Gasteiger partial charge in [0.25, 0.3) is 0 Å². The Labute approximate surface area is 128 Å². The number of anilines is 1. The Bertz CT molecular complexity index is 564. The lowest BCUT2D eigenvalue weighted by molar-refractivity contribution is -0.140. The van der Waals surface area contributed by atoms with Crippen LogP contribution in [0.5, 0.6) is 0 Å². The van der Waals surface area contributed by atoms with Crippen molar-refractivity contribution in [2.75, 3.05) is 18.6 Å². The molecule has 6 heteroatoms. The lowest BCUT2D eigenvalue weighted by atomic mass is 9.87. The van der Waals surface area contributed by atoms with Crippen molar-refractivity contribution >= 4 is 29.3 Å². The Morgan fingerprint density at radius 3 is 3.10 bits per heavy atom. The monoisotopic (exact) mass is 306 g/mol. The van der Waals surface area contributed by atoms with Gasteiger partial charge in [0.1, 0.15) is 11.6 Å². The molecule has 0 saturated heterocycles. The Morgan fingerprint density at radius 1 is 1.48 bits per heavy atom. The molecule has 0 aromatic carbocycles. The zero-order valence-electron chi connectivity index (χ0n) is 11.9. The maximum Gasteiger partial charge on any atom is 0.325 e. The molecule has 112 valence electrons. The molecule has 0 N–H and O–H groups in total. The summed E-state index contributed by atoms with van der Waals surface area (Å²) in [6.45, 7) is -0.0438. The second-order valence-electron chi connectivity index (χ2n) is 5.38. The average Bonchev–Trinajstić information content (AvgIpc) is 2.63. The summed E-state index contributed by atoms with van der Waals surface area (Å²) in [6, 6.07) is 3.65. The van der Waals surface area contributed by atoms with E-state index in [1.54, 1.807) is 28.9 Å². The SMILES string of the molecule is COC(=O)CN1C(=O)C2CCCCC2Sc2ncccc21. The van der Waals surface area contributed by atoms with Gasteiger partial charge >= 0.3 is 5.97 Å². The third-order valence-electron chi connectivity index (χ3n) is 4.11. The van der Waals surface area contributed by atoms with Crippen LogP contribution in [0.15, 0.2) is 23.4 Å². The number of hydrogen-bond donors (Lipinski definition) is 0. The first kappa shape index (κ1) is 14.4. The van der Waals surface area contributed by atoms with Gasteiger partial charge in [0.05, 0.1) is 18.7 Å². The summed E-state index contributed by atoms with van der Waals surface area (Å²) in [6.07, 6.45) is 5.88. The van der Waals surface area contributed by atoms with Gasteiger partial charge in [-0.2, -0.15) is 0 Å². The molecule has 3 rings (SSSR count). The van der Waals surface area contributed by atoms with Crippen LogP contribution in [0, 0.1) is 5.92 Å². The van der Waals surface area contributed by atoms with E-state index in [1.807, 2.05) is 6.07 Å². The highest BCUT2D eigenvalue weighted by atomic mass is 32.2. The molecule has 2 unspecified atom stereocenters. The number of thioether (sulfide) groups is 1. The minimum absolute atomic E-state index is 0.0254. The van der Waals surface area contributed by atoms with Crippen LogP contribution in [0.1, 0.15) is 25.7 Å². The van der Waals surface area contributed by atoms with E-state index in [9.17, 15) is 9.59 Å². The van der Waals surface area contributed by atoms with Crippen LogP contribution >= 0.6 is 11.8 Å². The summed E-state index contributed by atoms with van der Waals surface area (Å²) in [5.41, 5.74) is 0.729. The number of carbonyl (C=O) groups excluding carboxylic acids is 2. The Morgan fingerprint density at radius 2 is 2.29 bits per heavy atom. The van der Waals surface area contributed by atoms with Crippen molar-refractivity contribution in [2.45, 2.75) is 36.0 Å². The van der Waals surface area contributed by atoms with Crippen LogP contribution in [-0.2, 0) is 14.3 Å². The van der Waals surface area contributed by atoms with Crippen molar-refractivity contribution in [1.82, 2.24) is 4.98 Å². The molecule has 2 aliphatic rings. The van der Waals surface area contributed by atoms with Gasteiger partial charge in [-0.15, -0.1) is 11.8 Å². The maximum atomic E-state index is 12.9. The highest BCUT2D eigenvalue weighted by molar-refractivity contribution is 8.00. The van der Waals surface area contributed by atoms with Gasteiger partial charge in [0, 0.05) is 11.4 Å². The first-order chi connectivity index (χ1) is 10.2. The number of pyridine rings is 1. The fourth-order valence-corrected chi connectivity index (χ4v) is 4.43. The fourth-order valence-electron chi connectivity index (χ4n) is 3.02. The van der Waals surface area contributed by atoms with E-state index in [1.165, 1.54) is 7.11 Å². The van der Waals surface area contributed by atoms with Gasteiger partial charge in [0.15, 0.2) is 0 Å². The predicted octanol–water partition coefficient (Wildman–Crippen LogP) is 2.25. The van der Waals surface area contributed by atoms with Crippen molar-refractivity contribution < 1.29 is 14.3 Å². The molecule has 0 bridgehead atoms. The van der Waals surface area contributed by atoms with Crippen molar-refractivity contribution in [2.24, 2.45) is 5.92 Å². The second-order valence-corrected chi connectivity index (χ2v) is 6.60. The van der Waals surface area contributed by atoms with Gasteiger partial charge in [-0.1, -0.05) is 12.8 Å². The molecule has 0 spiro atoms. The van der Waals surface area contributed by atoms with E-state index in [0.29, 0.717) is 0 Å². The standard InChI is InChI=1S/C15H18N2O3S/c1-20-13(18)9-17-11-6-4-8-16-14(11)21-12-7-3-2-5-10(12)15(17)19/h4,6,8,10,12H,2-3,5,7,9H2,1H3.